The summed E-state index contributed by atoms with van der Waals surface area (Å²) in [6, 6.07) is 9.38. The molecule has 1 aromatic carbocycles. The van der Waals surface area contributed by atoms with Crippen LogP contribution in [0.25, 0.3) is 0 Å². The molecule has 0 spiro atoms. The number of halogens is 1. The first-order valence-electron chi connectivity index (χ1n) is 9.94. The summed E-state index contributed by atoms with van der Waals surface area (Å²) in [4.78, 5) is 20.9. The molecular formula is C24H22FN3O2. The molecule has 0 radical (unpaired) electrons. The molecule has 4 rings (SSSR count). The topological polar surface area (TPSA) is 57.0 Å². The molecule has 1 atom stereocenters. The van der Waals surface area contributed by atoms with Crippen LogP contribution in [0.4, 0.5) is 4.39 Å². The molecule has 6 heteroatoms. The third kappa shape index (κ3) is 4.57. The molecular weight excluding hydrogens is 381 g/mol. The monoisotopic (exact) mass is 403 g/mol. The Morgan fingerprint density at radius 2 is 2.00 bits per heavy atom. The van der Waals surface area contributed by atoms with Crippen LogP contribution >= 0.6 is 0 Å². The molecule has 0 saturated heterocycles. The van der Waals surface area contributed by atoms with Crippen molar-refractivity contribution in [2.24, 2.45) is 5.92 Å². The maximum Gasteiger partial charge on any atom is 0.255 e. The molecule has 0 bridgehead atoms. The van der Waals surface area contributed by atoms with Crippen molar-refractivity contribution in [3.05, 3.63) is 87.6 Å². The van der Waals surface area contributed by atoms with Crippen molar-refractivity contribution in [1.29, 1.82) is 0 Å². The van der Waals surface area contributed by atoms with Gasteiger partial charge in [0.15, 0.2) is 5.82 Å². The van der Waals surface area contributed by atoms with Gasteiger partial charge in [0.2, 0.25) is 0 Å². The Hall–Kier alpha value is -3.46. The first-order valence-corrected chi connectivity index (χ1v) is 9.94. The minimum atomic E-state index is -0.463. The molecule has 1 saturated carbocycles. The van der Waals surface area contributed by atoms with Crippen LogP contribution in [0.1, 0.15) is 48.5 Å². The summed E-state index contributed by atoms with van der Waals surface area (Å²) in [5.41, 5.74) is 1.52. The van der Waals surface area contributed by atoms with Crippen LogP contribution in [0.3, 0.4) is 0 Å². The summed E-state index contributed by atoms with van der Waals surface area (Å²) in [6.45, 7) is 3.77. The van der Waals surface area contributed by atoms with Crippen LogP contribution in [0, 0.1) is 30.5 Å². The van der Waals surface area contributed by atoms with Crippen LogP contribution in [-0.4, -0.2) is 14.5 Å². The van der Waals surface area contributed by atoms with Gasteiger partial charge < -0.3 is 9.30 Å². The van der Waals surface area contributed by atoms with Gasteiger partial charge in [-0.25, -0.2) is 14.4 Å². The summed E-state index contributed by atoms with van der Waals surface area (Å²) >= 11 is 0. The van der Waals surface area contributed by atoms with E-state index in [1.165, 1.54) is 12.1 Å². The van der Waals surface area contributed by atoms with Crippen molar-refractivity contribution >= 4 is 0 Å². The van der Waals surface area contributed by atoms with Gasteiger partial charge in [-0.15, -0.1) is 0 Å². The van der Waals surface area contributed by atoms with E-state index in [0.717, 1.165) is 12.8 Å². The quantitative estimate of drug-likeness (QED) is 0.604. The van der Waals surface area contributed by atoms with Gasteiger partial charge in [-0.1, -0.05) is 17.9 Å². The highest BCUT2D eigenvalue weighted by molar-refractivity contribution is 5.39. The van der Waals surface area contributed by atoms with Crippen molar-refractivity contribution in [3.8, 4) is 17.6 Å². The molecule has 152 valence electrons. The predicted molar refractivity (Wildman–Crippen MR) is 112 cm³/mol. The van der Waals surface area contributed by atoms with E-state index in [-0.39, 0.29) is 18.0 Å². The van der Waals surface area contributed by atoms with E-state index in [9.17, 15) is 9.18 Å². The minimum Gasteiger partial charge on any atom is -0.485 e. The Balaban J connectivity index is 1.54. The second-order valence-electron chi connectivity index (χ2n) is 7.45. The zero-order valence-corrected chi connectivity index (χ0v) is 16.9. The molecule has 0 unspecified atom stereocenters. The zero-order chi connectivity index (χ0) is 21.1. The number of ether oxygens (including phenoxy) is 1. The van der Waals surface area contributed by atoms with Gasteiger partial charge in [-0.3, -0.25) is 4.79 Å². The lowest BCUT2D eigenvalue weighted by Gasteiger charge is -2.20. The van der Waals surface area contributed by atoms with E-state index in [1.54, 1.807) is 49.0 Å². The van der Waals surface area contributed by atoms with E-state index in [0.29, 0.717) is 34.3 Å². The van der Waals surface area contributed by atoms with E-state index < -0.39 is 6.04 Å². The summed E-state index contributed by atoms with van der Waals surface area (Å²) in [5, 5.41) is 0. The van der Waals surface area contributed by atoms with Gasteiger partial charge in [-0.05, 0) is 51.0 Å². The third-order valence-electron chi connectivity index (χ3n) is 5.06. The first-order chi connectivity index (χ1) is 14.5. The van der Waals surface area contributed by atoms with Crippen LogP contribution in [-0.2, 0) is 6.61 Å². The normalized spacial score (nSPS) is 14.0. The number of nitrogens with zero attached hydrogens (tertiary/aromatic N) is 3. The molecule has 3 aromatic rings. The standard InChI is InChI=1S/C24H22FN3O2/c1-16-12-20(30-15-23-26-10-3-11-27-23)14-24(29)28(16)17(2)21-9-8-19(13-22(21)25)7-6-18-4-5-18/h3,8-14,17-18H,4-5,15H2,1-2H3/t17-/m1/s1. The van der Waals surface area contributed by atoms with Crippen molar-refractivity contribution in [1.82, 2.24) is 14.5 Å². The maximum absolute atomic E-state index is 14.8. The Bertz CT molecular complexity index is 1170. The number of aromatic nitrogens is 3. The molecule has 2 heterocycles. The number of hydrogen-bond acceptors (Lipinski definition) is 4. The van der Waals surface area contributed by atoms with Crippen molar-refractivity contribution in [2.75, 3.05) is 0 Å². The Morgan fingerprint density at radius 3 is 2.67 bits per heavy atom. The fourth-order valence-electron chi connectivity index (χ4n) is 3.31. The summed E-state index contributed by atoms with van der Waals surface area (Å²) in [7, 11) is 0. The third-order valence-corrected chi connectivity index (χ3v) is 5.06. The number of aryl methyl sites for hydroxylation is 1. The first kappa shape index (κ1) is 19.8. The van der Waals surface area contributed by atoms with E-state index in [1.807, 2.05) is 6.07 Å². The predicted octanol–water partition coefficient (Wildman–Crippen LogP) is 4.04. The lowest BCUT2D eigenvalue weighted by atomic mass is 10.0. The molecule has 2 aromatic heterocycles. The fraction of sp³-hybridized carbons (Fsp3) is 0.292. The van der Waals surface area contributed by atoms with Crippen molar-refractivity contribution in [3.63, 3.8) is 0 Å². The molecule has 5 nitrogen and oxygen atoms in total. The van der Waals surface area contributed by atoms with Crippen molar-refractivity contribution in [2.45, 2.75) is 39.3 Å². The van der Waals surface area contributed by atoms with Crippen LogP contribution in [0.5, 0.6) is 5.75 Å². The average molecular weight is 403 g/mol. The SMILES string of the molecule is Cc1cc(OCc2ncccn2)cc(=O)n1[C@H](C)c1ccc(C#CC2CC2)cc1F. The van der Waals surface area contributed by atoms with Gasteiger partial charge in [0.1, 0.15) is 18.2 Å². The smallest absolute Gasteiger partial charge is 0.255 e. The van der Waals surface area contributed by atoms with Crippen molar-refractivity contribution < 1.29 is 9.13 Å². The minimum absolute atomic E-state index is 0.164. The highest BCUT2D eigenvalue weighted by Crippen LogP contribution is 2.28. The Kier molecular flexibility index (Phi) is 5.62. The summed E-state index contributed by atoms with van der Waals surface area (Å²) in [5.74, 6) is 7.21. The highest BCUT2D eigenvalue weighted by Gasteiger charge is 2.19. The molecule has 0 aliphatic heterocycles. The molecule has 1 aliphatic rings. The average Bonchev–Trinajstić information content (AvgIpc) is 3.55. The number of benzene rings is 1. The van der Waals surface area contributed by atoms with Crippen LogP contribution in [0.15, 0.2) is 53.6 Å². The molecule has 0 N–H and O–H groups in total. The second-order valence-corrected chi connectivity index (χ2v) is 7.45. The molecule has 1 fully saturated rings. The lowest BCUT2D eigenvalue weighted by Crippen LogP contribution is -2.26. The van der Waals surface area contributed by atoms with E-state index in [4.69, 9.17) is 4.74 Å². The van der Waals surface area contributed by atoms with Gasteiger partial charge in [-0.2, -0.15) is 0 Å². The summed E-state index contributed by atoms with van der Waals surface area (Å²) < 4.78 is 22.0. The van der Waals surface area contributed by atoms with Crippen LogP contribution < -0.4 is 10.3 Å². The van der Waals surface area contributed by atoms with Gasteiger partial charge >= 0.3 is 0 Å². The number of rotatable bonds is 5. The van der Waals surface area contributed by atoms with Crippen LogP contribution in [0.2, 0.25) is 0 Å². The summed E-state index contributed by atoms with van der Waals surface area (Å²) in [6.07, 6.45) is 5.53. The maximum atomic E-state index is 14.8. The van der Waals surface area contributed by atoms with E-state index in [2.05, 4.69) is 21.8 Å². The van der Waals surface area contributed by atoms with Gasteiger partial charge in [0.05, 0.1) is 6.04 Å². The largest absolute Gasteiger partial charge is 0.485 e. The second kappa shape index (κ2) is 8.50. The van der Waals surface area contributed by atoms with Gasteiger partial charge in [0.25, 0.3) is 5.56 Å². The molecule has 1 aliphatic carbocycles. The fourth-order valence-corrected chi connectivity index (χ4v) is 3.31. The van der Waals surface area contributed by atoms with E-state index >= 15 is 0 Å². The Morgan fingerprint density at radius 1 is 1.23 bits per heavy atom. The Labute approximate surface area is 174 Å². The zero-order valence-electron chi connectivity index (χ0n) is 16.9. The van der Waals surface area contributed by atoms with Gasteiger partial charge in [0, 0.05) is 41.2 Å². The number of hydrogen-bond donors (Lipinski definition) is 0. The molecule has 30 heavy (non-hydrogen) atoms. The lowest BCUT2D eigenvalue weighted by molar-refractivity contribution is 0.294. The number of pyridine rings is 1. The molecule has 0 amide bonds. The highest BCUT2D eigenvalue weighted by atomic mass is 19.1.